The maximum absolute atomic E-state index is 5.75. The Morgan fingerprint density at radius 2 is 1.93 bits per heavy atom. The molecule has 0 spiro atoms. The predicted octanol–water partition coefficient (Wildman–Crippen LogP) is 3.26. The van der Waals surface area contributed by atoms with Gasteiger partial charge in [-0.2, -0.15) is 0 Å². The molecule has 0 aliphatic carbocycles. The van der Waals surface area contributed by atoms with Crippen molar-refractivity contribution in [3.05, 3.63) is 29.8 Å². The van der Waals surface area contributed by atoms with Crippen LogP contribution in [0.3, 0.4) is 0 Å². The van der Waals surface area contributed by atoms with E-state index in [0.29, 0.717) is 12.6 Å². The number of halogens is 1. The van der Waals surface area contributed by atoms with Crippen LogP contribution in [0.1, 0.15) is 38.2 Å². The van der Waals surface area contributed by atoms with Crippen LogP contribution in [0.2, 0.25) is 0 Å². The first-order valence-electron chi connectivity index (χ1n) is 10.1. The summed E-state index contributed by atoms with van der Waals surface area (Å²) in [5, 5.41) is 6.95. The number of methoxy groups -OCH3 is 1. The Kier molecular flexibility index (Phi) is 13.3. The number of rotatable bonds is 10. The Hall–Kier alpha value is -1.06. The molecule has 0 saturated carbocycles. The largest absolute Gasteiger partial charge is 0.497 e. The molecule has 1 aromatic rings. The number of nitrogens with one attached hydrogen (secondary N) is 2. The minimum atomic E-state index is 0. The molecule has 7 heteroatoms. The zero-order valence-electron chi connectivity index (χ0n) is 17.6. The number of likely N-dealkylation sites (tertiary alicyclic amines) is 1. The monoisotopic (exact) mass is 504 g/mol. The minimum Gasteiger partial charge on any atom is -0.497 e. The van der Waals surface area contributed by atoms with Gasteiger partial charge in [-0.3, -0.25) is 4.99 Å². The number of hydrogen-bond donors (Lipinski definition) is 2. The summed E-state index contributed by atoms with van der Waals surface area (Å²) < 4.78 is 10.9. The molecule has 1 heterocycles. The van der Waals surface area contributed by atoms with E-state index in [1.165, 1.54) is 38.9 Å². The van der Waals surface area contributed by atoms with Gasteiger partial charge in [0.2, 0.25) is 0 Å². The molecule has 1 saturated heterocycles. The number of ether oxygens (including phenoxy) is 2. The zero-order valence-corrected chi connectivity index (χ0v) is 19.9. The van der Waals surface area contributed by atoms with Crippen molar-refractivity contribution in [2.24, 2.45) is 4.99 Å². The molecule has 6 nitrogen and oxygen atoms in total. The number of aliphatic imine (C=N–C) groups is 1. The van der Waals surface area contributed by atoms with Gasteiger partial charge in [0.15, 0.2) is 5.96 Å². The van der Waals surface area contributed by atoms with Crippen LogP contribution in [0.15, 0.2) is 29.3 Å². The summed E-state index contributed by atoms with van der Waals surface area (Å²) in [6.45, 7) is 8.05. The smallest absolute Gasteiger partial charge is 0.191 e. The Morgan fingerprint density at radius 1 is 1.21 bits per heavy atom. The highest BCUT2D eigenvalue weighted by molar-refractivity contribution is 14.0. The lowest BCUT2D eigenvalue weighted by atomic mass is 10.1. The summed E-state index contributed by atoms with van der Waals surface area (Å²) in [6, 6.07) is 8.52. The Bertz CT molecular complexity index is 546. The van der Waals surface area contributed by atoms with E-state index in [1.54, 1.807) is 7.11 Å². The second-order valence-electron chi connectivity index (χ2n) is 7.01. The molecule has 0 radical (unpaired) electrons. The molecule has 0 amide bonds. The third-order valence-electron chi connectivity index (χ3n) is 4.88. The van der Waals surface area contributed by atoms with Crippen molar-refractivity contribution in [1.29, 1.82) is 0 Å². The standard InChI is InChI=1S/C21H36N4O2.HI/c1-4-13-25-14-10-19(11-15-25)24-21(22-2)23-12-5-16-27-17-18-6-8-20(26-3)9-7-18;/h6-9,19H,4-5,10-17H2,1-3H3,(H2,22,23,24);1H. The fraction of sp³-hybridized carbons (Fsp3) is 0.667. The van der Waals surface area contributed by atoms with Crippen molar-refractivity contribution in [3.63, 3.8) is 0 Å². The summed E-state index contributed by atoms with van der Waals surface area (Å²) in [7, 11) is 3.51. The molecular weight excluding hydrogens is 467 g/mol. The van der Waals surface area contributed by atoms with Crippen molar-refractivity contribution < 1.29 is 9.47 Å². The van der Waals surface area contributed by atoms with Crippen LogP contribution >= 0.6 is 24.0 Å². The first kappa shape index (κ1) is 25.0. The van der Waals surface area contributed by atoms with Gasteiger partial charge >= 0.3 is 0 Å². The van der Waals surface area contributed by atoms with Crippen LogP contribution < -0.4 is 15.4 Å². The van der Waals surface area contributed by atoms with Gasteiger partial charge < -0.3 is 25.0 Å². The number of nitrogens with zero attached hydrogens (tertiary/aromatic N) is 2. The lowest BCUT2D eigenvalue weighted by Crippen LogP contribution is -2.48. The molecule has 2 rings (SSSR count). The van der Waals surface area contributed by atoms with Crippen molar-refractivity contribution in [3.8, 4) is 5.75 Å². The van der Waals surface area contributed by atoms with Gasteiger partial charge in [0, 0.05) is 39.3 Å². The maximum Gasteiger partial charge on any atom is 0.191 e. The Morgan fingerprint density at radius 3 is 2.54 bits per heavy atom. The summed E-state index contributed by atoms with van der Waals surface area (Å²) in [6.07, 6.45) is 4.56. The van der Waals surface area contributed by atoms with Gasteiger partial charge in [0.1, 0.15) is 5.75 Å². The predicted molar refractivity (Wildman–Crippen MR) is 127 cm³/mol. The molecule has 1 fully saturated rings. The minimum absolute atomic E-state index is 0. The third-order valence-corrected chi connectivity index (χ3v) is 4.88. The highest BCUT2D eigenvalue weighted by atomic mass is 127. The molecule has 0 bridgehead atoms. The molecule has 160 valence electrons. The van der Waals surface area contributed by atoms with Gasteiger partial charge in [0.25, 0.3) is 0 Å². The SMILES string of the molecule is CCCN1CCC(NC(=NC)NCCCOCc2ccc(OC)cc2)CC1.I. The molecule has 1 aliphatic heterocycles. The van der Waals surface area contributed by atoms with Crippen LogP contribution in [0, 0.1) is 0 Å². The van der Waals surface area contributed by atoms with Crippen LogP contribution in [0.5, 0.6) is 5.75 Å². The topological polar surface area (TPSA) is 58.1 Å². The lowest BCUT2D eigenvalue weighted by Gasteiger charge is -2.32. The first-order valence-corrected chi connectivity index (χ1v) is 10.1. The first-order chi connectivity index (χ1) is 13.2. The normalized spacial score (nSPS) is 15.8. The Labute approximate surface area is 187 Å². The molecule has 28 heavy (non-hydrogen) atoms. The number of hydrogen-bond acceptors (Lipinski definition) is 4. The molecule has 0 atom stereocenters. The van der Waals surface area contributed by atoms with E-state index in [2.05, 4.69) is 27.4 Å². The quantitative estimate of drug-likeness (QED) is 0.222. The van der Waals surface area contributed by atoms with Crippen molar-refractivity contribution in [2.45, 2.75) is 45.3 Å². The van der Waals surface area contributed by atoms with Crippen molar-refractivity contribution >= 4 is 29.9 Å². The summed E-state index contributed by atoms with van der Waals surface area (Å²) in [5.74, 6) is 1.77. The van der Waals surface area contributed by atoms with Gasteiger partial charge in [-0.1, -0.05) is 19.1 Å². The average molecular weight is 504 g/mol. The van der Waals surface area contributed by atoms with Gasteiger partial charge in [-0.15, -0.1) is 24.0 Å². The second-order valence-corrected chi connectivity index (χ2v) is 7.01. The van der Waals surface area contributed by atoms with Crippen molar-refractivity contribution in [2.75, 3.05) is 46.9 Å². The highest BCUT2D eigenvalue weighted by Crippen LogP contribution is 2.12. The van der Waals surface area contributed by atoms with Gasteiger partial charge in [-0.25, -0.2) is 0 Å². The van der Waals surface area contributed by atoms with Crippen LogP contribution in [0.4, 0.5) is 0 Å². The molecule has 1 aromatic carbocycles. The van der Waals surface area contributed by atoms with E-state index in [4.69, 9.17) is 9.47 Å². The second kappa shape index (κ2) is 14.9. The van der Waals surface area contributed by atoms with E-state index in [-0.39, 0.29) is 24.0 Å². The van der Waals surface area contributed by atoms with Crippen molar-refractivity contribution in [1.82, 2.24) is 15.5 Å². The maximum atomic E-state index is 5.75. The fourth-order valence-corrected chi connectivity index (χ4v) is 3.30. The Balaban J connectivity index is 0.00000392. The number of guanidine groups is 1. The lowest BCUT2D eigenvalue weighted by molar-refractivity contribution is 0.119. The van der Waals surface area contributed by atoms with E-state index in [1.807, 2.05) is 31.3 Å². The number of benzene rings is 1. The van der Waals surface area contributed by atoms with Crippen LogP contribution in [-0.4, -0.2) is 63.8 Å². The molecular formula is C21H37IN4O2. The molecule has 0 aromatic heterocycles. The van der Waals surface area contributed by atoms with Gasteiger partial charge in [0.05, 0.1) is 13.7 Å². The van der Waals surface area contributed by atoms with Crippen LogP contribution in [-0.2, 0) is 11.3 Å². The zero-order chi connectivity index (χ0) is 19.3. The molecule has 1 aliphatic rings. The number of piperidine rings is 1. The van der Waals surface area contributed by atoms with E-state index >= 15 is 0 Å². The summed E-state index contributed by atoms with van der Waals surface area (Å²) in [5.41, 5.74) is 1.16. The fourth-order valence-electron chi connectivity index (χ4n) is 3.30. The van der Waals surface area contributed by atoms with Gasteiger partial charge in [-0.05, 0) is 49.9 Å². The summed E-state index contributed by atoms with van der Waals surface area (Å²) >= 11 is 0. The highest BCUT2D eigenvalue weighted by Gasteiger charge is 2.19. The van der Waals surface area contributed by atoms with E-state index in [0.717, 1.165) is 36.8 Å². The van der Waals surface area contributed by atoms with E-state index in [9.17, 15) is 0 Å². The average Bonchev–Trinajstić information content (AvgIpc) is 2.71. The molecule has 0 unspecified atom stereocenters. The van der Waals surface area contributed by atoms with Crippen LogP contribution in [0.25, 0.3) is 0 Å². The summed E-state index contributed by atoms with van der Waals surface area (Å²) in [4.78, 5) is 6.90. The molecule has 2 N–H and O–H groups in total. The van der Waals surface area contributed by atoms with E-state index < -0.39 is 0 Å². The third kappa shape index (κ3) is 9.43.